The number of aromatic nitrogens is 2. The molecule has 1 unspecified atom stereocenters. The highest BCUT2D eigenvalue weighted by molar-refractivity contribution is 7.52. The van der Waals surface area contributed by atoms with Gasteiger partial charge in [-0.3, -0.25) is 0 Å². The Morgan fingerprint density at radius 2 is 2.08 bits per heavy atom. The van der Waals surface area contributed by atoms with Gasteiger partial charge in [0.1, 0.15) is 19.4 Å². The molecule has 0 saturated heterocycles. The zero-order chi connectivity index (χ0) is 18.4. The highest BCUT2D eigenvalue weighted by Crippen LogP contribution is 2.28. The van der Waals surface area contributed by atoms with Gasteiger partial charge >= 0.3 is 0 Å². The number of aryl methyl sites for hydroxylation is 1. The Labute approximate surface area is 150 Å². The summed E-state index contributed by atoms with van der Waals surface area (Å²) in [6.45, 7) is 6.65. The molecule has 0 spiro atoms. The van der Waals surface area contributed by atoms with Crippen LogP contribution in [0.4, 0.5) is 11.8 Å². The molecule has 2 rings (SSSR count). The Morgan fingerprint density at radius 1 is 1.32 bits per heavy atom. The lowest BCUT2D eigenvalue weighted by Gasteiger charge is -2.16. The third-order valence-electron chi connectivity index (χ3n) is 4.11. The first-order valence-corrected chi connectivity index (χ1v) is 10.4. The minimum Gasteiger partial charge on any atom is -0.496 e. The Balaban J connectivity index is 2.42. The first kappa shape index (κ1) is 19.3. The molecule has 0 amide bonds. The molecule has 0 radical (unpaired) electrons. The Bertz CT molecular complexity index is 765. The minimum atomic E-state index is -1.77. The van der Waals surface area contributed by atoms with E-state index >= 15 is 0 Å². The summed E-state index contributed by atoms with van der Waals surface area (Å²) in [5, 5.41) is 4.21. The van der Waals surface area contributed by atoms with Crippen LogP contribution in [0.3, 0.4) is 0 Å². The molecule has 1 aromatic heterocycles. The van der Waals surface area contributed by atoms with Gasteiger partial charge < -0.3 is 20.4 Å². The number of rotatable bonds is 8. The van der Waals surface area contributed by atoms with Crippen LogP contribution in [0, 0.1) is 6.92 Å². The smallest absolute Gasteiger partial charge is 0.222 e. The summed E-state index contributed by atoms with van der Waals surface area (Å²) in [5.41, 5.74) is 8.61. The molecule has 25 heavy (non-hydrogen) atoms. The summed E-state index contributed by atoms with van der Waals surface area (Å²) in [5.74, 6) is 1.79. The van der Waals surface area contributed by atoms with Crippen molar-refractivity contribution >= 4 is 24.9 Å². The van der Waals surface area contributed by atoms with Crippen LogP contribution in [-0.2, 0) is 11.0 Å². The Hall–Kier alpha value is -2.07. The number of unbranched alkanes of at least 4 members (excludes halogenated alkanes) is 1. The molecule has 0 aliphatic carbocycles. The Morgan fingerprint density at radius 3 is 2.72 bits per heavy atom. The maximum atomic E-state index is 11.9. The van der Waals surface area contributed by atoms with Crippen LogP contribution in [0.15, 0.2) is 18.2 Å². The Kier molecular flexibility index (Phi) is 6.82. The maximum Gasteiger partial charge on any atom is 0.222 e. The second kappa shape index (κ2) is 8.86. The average molecular weight is 362 g/mol. The number of nitrogens with two attached hydrogens (primary N) is 1. The van der Waals surface area contributed by atoms with Crippen molar-refractivity contribution in [1.29, 1.82) is 0 Å². The number of hydrogen-bond acceptors (Lipinski definition) is 6. The van der Waals surface area contributed by atoms with Gasteiger partial charge in [-0.25, -0.2) is 4.98 Å². The standard InChI is InChI=1S/C18H27N4O2P/c1-5-6-9-20-17-15(12(2)21-18(19)22-17)11-13-10-14(25(4)23)7-8-16(13)24-3/h7-8,10,25H,5-6,9,11H2,1-4H3,(H3,19,20,21,22). The SMILES string of the molecule is CCCCNc1nc(N)nc(C)c1Cc1cc([PH](C)=O)ccc1OC. The largest absolute Gasteiger partial charge is 0.496 e. The molecule has 1 aromatic carbocycles. The molecular weight excluding hydrogens is 335 g/mol. The molecule has 6 nitrogen and oxygen atoms in total. The van der Waals surface area contributed by atoms with Crippen molar-refractivity contribution < 1.29 is 9.30 Å². The van der Waals surface area contributed by atoms with Crippen LogP contribution in [0.25, 0.3) is 0 Å². The molecule has 1 heterocycles. The van der Waals surface area contributed by atoms with E-state index in [9.17, 15) is 4.57 Å². The molecule has 0 fully saturated rings. The second-order valence-corrected chi connectivity index (χ2v) is 7.72. The van der Waals surface area contributed by atoms with E-state index in [1.165, 1.54) is 0 Å². The van der Waals surface area contributed by atoms with Gasteiger partial charge in [0.25, 0.3) is 0 Å². The molecule has 0 bridgehead atoms. The molecule has 2 aromatic rings. The maximum absolute atomic E-state index is 11.9. The second-order valence-electron chi connectivity index (χ2n) is 6.03. The van der Waals surface area contributed by atoms with Crippen LogP contribution >= 0.6 is 7.80 Å². The van der Waals surface area contributed by atoms with E-state index in [-0.39, 0.29) is 5.95 Å². The fraction of sp³-hybridized carbons (Fsp3) is 0.444. The number of methoxy groups -OCH3 is 1. The molecule has 0 saturated carbocycles. The average Bonchev–Trinajstić information content (AvgIpc) is 2.57. The lowest BCUT2D eigenvalue weighted by molar-refractivity contribution is 0.410. The van der Waals surface area contributed by atoms with Crippen LogP contribution in [0.2, 0.25) is 0 Å². The van der Waals surface area contributed by atoms with Gasteiger partial charge in [-0.2, -0.15) is 4.98 Å². The number of nitrogen functional groups attached to an aromatic ring is 1. The van der Waals surface area contributed by atoms with E-state index in [4.69, 9.17) is 10.5 Å². The summed E-state index contributed by atoms with van der Waals surface area (Å²) in [6.07, 6.45) is 2.74. The fourth-order valence-electron chi connectivity index (χ4n) is 2.69. The topological polar surface area (TPSA) is 90.1 Å². The molecule has 0 aliphatic rings. The van der Waals surface area contributed by atoms with E-state index in [0.29, 0.717) is 6.42 Å². The summed E-state index contributed by atoms with van der Waals surface area (Å²) in [4.78, 5) is 8.68. The van der Waals surface area contributed by atoms with E-state index in [0.717, 1.165) is 53.1 Å². The van der Waals surface area contributed by atoms with Gasteiger partial charge in [-0.1, -0.05) is 13.3 Å². The van der Waals surface area contributed by atoms with Gasteiger partial charge in [0.2, 0.25) is 5.95 Å². The van der Waals surface area contributed by atoms with Gasteiger partial charge in [0.15, 0.2) is 0 Å². The van der Waals surface area contributed by atoms with Crippen molar-refractivity contribution in [2.24, 2.45) is 0 Å². The van der Waals surface area contributed by atoms with Crippen molar-refractivity contribution in [2.75, 3.05) is 31.4 Å². The van der Waals surface area contributed by atoms with Crippen molar-refractivity contribution in [1.82, 2.24) is 9.97 Å². The lowest BCUT2D eigenvalue weighted by Crippen LogP contribution is -2.12. The molecular formula is C18H27N4O2P. The predicted octanol–water partition coefficient (Wildman–Crippen LogP) is 2.99. The number of hydrogen-bond donors (Lipinski definition) is 2. The van der Waals surface area contributed by atoms with E-state index < -0.39 is 7.80 Å². The van der Waals surface area contributed by atoms with Crippen molar-refractivity contribution in [3.05, 3.63) is 35.0 Å². The predicted molar refractivity (Wildman–Crippen MR) is 105 cm³/mol. The normalized spacial score (nSPS) is 12.0. The number of ether oxygens (including phenoxy) is 1. The van der Waals surface area contributed by atoms with Gasteiger partial charge in [-0.05, 0) is 43.8 Å². The number of nitrogens with zero attached hydrogens (tertiary/aromatic N) is 2. The number of nitrogens with one attached hydrogen (secondary N) is 1. The molecule has 7 heteroatoms. The number of benzene rings is 1. The van der Waals surface area contributed by atoms with Crippen LogP contribution in [-0.4, -0.2) is 30.3 Å². The van der Waals surface area contributed by atoms with E-state index in [2.05, 4.69) is 22.2 Å². The first-order chi connectivity index (χ1) is 12.0. The summed E-state index contributed by atoms with van der Waals surface area (Å²) in [6, 6.07) is 5.68. The highest BCUT2D eigenvalue weighted by Gasteiger charge is 2.15. The van der Waals surface area contributed by atoms with Gasteiger partial charge in [0.05, 0.1) is 7.11 Å². The van der Waals surface area contributed by atoms with Gasteiger partial charge in [-0.15, -0.1) is 0 Å². The summed E-state index contributed by atoms with van der Waals surface area (Å²) < 4.78 is 17.4. The molecule has 136 valence electrons. The third-order valence-corrected chi connectivity index (χ3v) is 5.23. The first-order valence-electron chi connectivity index (χ1n) is 8.51. The molecule has 3 N–H and O–H groups in total. The van der Waals surface area contributed by atoms with Crippen molar-refractivity contribution in [3.63, 3.8) is 0 Å². The monoisotopic (exact) mass is 362 g/mol. The minimum absolute atomic E-state index is 0.263. The third kappa shape index (κ3) is 4.95. The highest BCUT2D eigenvalue weighted by atomic mass is 31.1. The molecule has 0 aliphatic heterocycles. The zero-order valence-electron chi connectivity index (χ0n) is 15.3. The van der Waals surface area contributed by atoms with Gasteiger partial charge in [0, 0.05) is 29.5 Å². The molecule has 1 atom stereocenters. The fourth-order valence-corrected chi connectivity index (χ4v) is 3.38. The summed E-state index contributed by atoms with van der Waals surface area (Å²) in [7, 11) is -0.127. The van der Waals surface area contributed by atoms with Crippen LogP contribution in [0.1, 0.15) is 36.6 Å². The number of anilines is 2. The zero-order valence-corrected chi connectivity index (χ0v) is 16.3. The van der Waals surface area contributed by atoms with Crippen molar-refractivity contribution in [2.45, 2.75) is 33.1 Å². The lowest BCUT2D eigenvalue weighted by atomic mass is 10.0. The van der Waals surface area contributed by atoms with Crippen LogP contribution < -0.4 is 21.1 Å². The van der Waals surface area contributed by atoms with Crippen LogP contribution in [0.5, 0.6) is 5.75 Å². The van der Waals surface area contributed by atoms with Crippen molar-refractivity contribution in [3.8, 4) is 5.75 Å². The van der Waals surface area contributed by atoms with E-state index in [1.807, 2.05) is 25.1 Å². The van der Waals surface area contributed by atoms with E-state index in [1.54, 1.807) is 13.8 Å². The quantitative estimate of drug-likeness (QED) is 0.554. The summed E-state index contributed by atoms with van der Waals surface area (Å²) >= 11 is 0.